The first-order valence-corrected chi connectivity index (χ1v) is 4.11. The maximum absolute atomic E-state index is 10.3. The monoisotopic (exact) mass is 154 g/mol. The zero-order valence-corrected chi connectivity index (χ0v) is 7.30. The van der Waals surface area contributed by atoms with Crippen molar-refractivity contribution in [2.45, 2.75) is 0 Å². The molecule has 0 heterocycles. The molecule has 0 aromatic heterocycles. The van der Waals surface area contributed by atoms with Gasteiger partial charge in [0.15, 0.2) is 10.5 Å². The molecule has 8 heavy (non-hydrogen) atoms. The lowest BCUT2D eigenvalue weighted by atomic mass is 11.2. The van der Waals surface area contributed by atoms with Crippen molar-refractivity contribution in [3.8, 4) is 0 Å². The van der Waals surface area contributed by atoms with Crippen molar-refractivity contribution in [3.63, 3.8) is 0 Å². The minimum Gasteiger partial charge on any atom is -0.413 e. The Morgan fingerprint density at radius 2 is 2.38 bits per heavy atom. The summed E-state index contributed by atoms with van der Waals surface area (Å²) in [6.45, 7) is 3.07. The van der Waals surface area contributed by atoms with Crippen molar-refractivity contribution in [2.75, 3.05) is 0 Å². The van der Waals surface area contributed by atoms with Gasteiger partial charge < -0.3 is 8.74 Å². The average Bonchev–Trinajstić information content (AvgIpc) is 1.67. The Hall–Kier alpha value is -0.0931. The predicted octanol–water partition coefficient (Wildman–Crippen LogP) is -0.456. The fourth-order valence-electron chi connectivity index (χ4n) is 0.137. The van der Waals surface area contributed by atoms with Crippen molar-refractivity contribution in [2.24, 2.45) is 0 Å². The van der Waals surface area contributed by atoms with Gasteiger partial charge in [-0.15, -0.1) is 0 Å². The molecule has 0 rings (SSSR count). The second-order valence-corrected chi connectivity index (χ2v) is 3.53. The summed E-state index contributed by atoms with van der Waals surface area (Å²) in [6, 6.07) is 0. The first-order chi connectivity index (χ1) is 3.62. The molecule has 0 aliphatic rings. The maximum atomic E-state index is 10.3. The molecule has 0 saturated carbocycles. The van der Waals surface area contributed by atoms with Gasteiger partial charge in [-0.05, 0) is 0 Å². The summed E-state index contributed by atoms with van der Waals surface area (Å²) in [7, 11) is -3.55. The summed E-state index contributed by atoms with van der Waals surface area (Å²) >= 11 is 0. The summed E-state index contributed by atoms with van der Waals surface area (Å²) in [4.78, 5) is 8.40. The van der Waals surface area contributed by atoms with Gasteiger partial charge in [0.25, 0.3) is 0 Å². The molecule has 0 radical (unpaired) electrons. The van der Waals surface area contributed by atoms with Gasteiger partial charge in [-0.3, -0.25) is 4.89 Å². The molecule has 4 nitrogen and oxygen atoms in total. The van der Waals surface area contributed by atoms with Gasteiger partial charge in [0.1, 0.15) is 0 Å². The molecule has 48 valence electrons. The molecular weight excluding hydrogens is 147 g/mol. The zero-order valence-electron chi connectivity index (χ0n) is 4.40. The second kappa shape index (κ2) is 3.04. The molecule has 0 aromatic rings. The van der Waals surface area contributed by atoms with E-state index in [1.54, 1.807) is 0 Å². The number of rotatable bonds is 3. The molecule has 1 N–H and O–H groups in total. The van der Waals surface area contributed by atoms with Crippen LogP contribution in [0.3, 0.4) is 0 Å². The molecule has 0 amide bonds. The van der Waals surface area contributed by atoms with Crippen LogP contribution < -0.4 is 0 Å². The van der Waals surface area contributed by atoms with Crippen LogP contribution in [0.1, 0.15) is 0 Å². The van der Waals surface area contributed by atoms with E-state index in [0.717, 1.165) is 6.26 Å². The number of hydrogen-bond acceptors (Lipinski definition) is 3. The molecule has 0 saturated heterocycles. The van der Waals surface area contributed by atoms with Gasteiger partial charge in [0.05, 0.1) is 6.26 Å². The third-order valence-electron chi connectivity index (χ3n) is 0.438. The van der Waals surface area contributed by atoms with Crippen LogP contribution in [-0.4, -0.2) is 15.4 Å². The summed E-state index contributed by atoms with van der Waals surface area (Å²) in [5.41, 5.74) is 0. The van der Waals surface area contributed by atoms with Gasteiger partial charge in [-0.2, -0.15) is 0 Å². The van der Waals surface area contributed by atoms with Gasteiger partial charge in [-0.1, -0.05) is 6.58 Å². The Bertz CT molecular complexity index is 123. The highest BCUT2D eigenvalue weighted by Crippen LogP contribution is 2.41. The van der Waals surface area contributed by atoms with Crippen molar-refractivity contribution in [1.82, 2.24) is 0 Å². The first kappa shape index (κ1) is 7.91. The number of phosphoric acid groups is 1. The van der Waals surface area contributed by atoms with Crippen molar-refractivity contribution >= 4 is 18.3 Å². The maximum Gasteiger partial charge on any atom is 0.515 e. The second-order valence-electron chi connectivity index (χ2n) is 0.923. The standard InChI is InChI=1S/C2H7O4PSi/c1-2-5-7(3,4)6-8/h2H,1H2,8H3,(H,3,4). The van der Waals surface area contributed by atoms with Gasteiger partial charge in [0.2, 0.25) is 0 Å². The lowest BCUT2D eigenvalue weighted by Gasteiger charge is -2.04. The smallest absolute Gasteiger partial charge is 0.413 e. The van der Waals surface area contributed by atoms with E-state index in [0.29, 0.717) is 0 Å². The van der Waals surface area contributed by atoms with Gasteiger partial charge in [0, 0.05) is 0 Å². The molecule has 0 fully saturated rings. The Morgan fingerprint density at radius 1 is 1.88 bits per heavy atom. The molecule has 0 bridgehead atoms. The summed E-state index contributed by atoms with van der Waals surface area (Å²) in [5.74, 6) is 0. The summed E-state index contributed by atoms with van der Waals surface area (Å²) < 4.78 is 18.5. The molecule has 1 unspecified atom stereocenters. The normalized spacial score (nSPS) is 17.1. The molecule has 0 spiro atoms. The average molecular weight is 154 g/mol. The van der Waals surface area contributed by atoms with Crippen LogP contribution in [0.5, 0.6) is 0 Å². The third-order valence-corrected chi connectivity index (χ3v) is 2.70. The van der Waals surface area contributed by atoms with Crippen LogP contribution in [0.25, 0.3) is 0 Å². The van der Waals surface area contributed by atoms with Crippen molar-refractivity contribution < 1.29 is 18.2 Å². The molecule has 1 atom stereocenters. The van der Waals surface area contributed by atoms with E-state index in [4.69, 9.17) is 4.89 Å². The molecule has 0 aromatic carbocycles. The van der Waals surface area contributed by atoms with E-state index in [9.17, 15) is 4.57 Å². The highest BCUT2D eigenvalue weighted by molar-refractivity contribution is 7.48. The number of phosphoric ester groups is 1. The number of hydrogen-bond donors (Lipinski definition) is 1. The fraction of sp³-hybridized carbons (Fsp3) is 0. The van der Waals surface area contributed by atoms with Crippen LogP contribution in [0.2, 0.25) is 0 Å². The lowest BCUT2D eigenvalue weighted by Crippen LogP contribution is -1.84. The topological polar surface area (TPSA) is 55.8 Å². The SMILES string of the molecule is C=COP(=O)(O)O[SiH3]. The molecule has 0 aliphatic heterocycles. The van der Waals surface area contributed by atoms with E-state index >= 15 is 0 Å². The minimum atomic E-state index is -3.73. The van der Waals surface area contributed by atoms with E-state index in [1.165, 1.54) is 0 Å². The van der Waals surface area contributed by atoms with Crippen molar-refractivity contribution in [3.05, 3.63) is 12.8 Å². The molecule has 0 aliphatic carbocycles. The Morgan fingerprint density at radius 3 is 2.50 bits per heavy atom. The third kappa shape index (κ3) is 2.98. The Balaban J connectivity index is 3.72. The quantitative estimate of drug-likeness (QED) is 0.339. The van der Waals surface area contributed by atoms with Crippen LogP contribution in [0.15, 0.2) is 12.8 Å². The lowest BCUT2D eigenvalue weighted by molar-refractivity contribution is 0.274. The first-order valence-electron chi connectivity index (χ1n) is 1.80. The predicted molar refractivity (Wildman–Crippen MR) is 32.1 cm³/mol. The zero-order chi connectivity index (χ0) is 6.62. The van der Waals surface area contributed by atoms with Gasteiger partial charge in [-0.25, -0.2) is 4.57 Å². The highest BCUT2D eigenvalue weighted by Gasteiger charge is 2.15. The Kier molecular flexibility index (Phi) is 3.00. The fourth-order valence-corrected chi connectivity index (χ4v) is 0.670. The molecular formula is C2H7O4PSi. The largest absolute Gasteiger partial charge is 0.515 e. The molecule has 6 heteroatoms. The highest BCUT2D eigenvalue weighted by atomic mass is 31.2. The van der Waals surface area contributed by atoms with E-state index in [1.807, 2.05) is 0 Å². The van der Waals surface area contributed by atoms with Crippen LogP contribution >= 0.6 is 7.82 Å². The van der Waals surface area contributed by atoms with E-state index < -0.39 is 7.82 Å². The van der Waals surface area contributed by atoms with Crippen LogP contribution in [-0.2, 0) is 13.3 Å². The van der Waals surface area contributed by atoms with Crippen LogP contribution in [0, 0.1) is 0 Å². The Labute approximate surface area is 50.3 Å². The van der Waals surface area contributed by atoms with E-state index in [2.05, 4.69) is 15.3 Å². The van der Waals surface area contributed by atoms with Crippen LogP contribution in [0.4, 0.5) is 0 Å². The van der Waals surface area contributed by atoms with Gasteiger partial charge >= 0.3 is 7.82 Å². The minimum absolute atomic E-state index is 0.176. The van der Waals surface area contributed by atoms with Crippen molar-refractivity contribution in [1.29, 1.82) is 0 Å². The summed E-state index contributed by atoms with van der Waals surface area (Å²) in [5, 5.41) is 0. The van der Waals surface area contributed by atoms with E-state index in [-0.39, 0.29) is 10.5 Å². The summed E-state index contributed by atoms with van der Waals surface area (Å²) in [6.07, 6.45) is 0.874.